The normalized spacial score (nSPS) is 21.9. The van der Waals surface area contributed by atoms with E-state index in [2.05, 4.69) is 154 Å². The molecule has 0 heteroatoms. The molecule has 2 rings (SSSR count). The fourth-order valence-electron chi connectivity index (χ4n) is 5.79. The lowest BCUT2D eigenvalue weighted by Crippen LogP contribution is -2.19. The largest absolute Gasteiger partial charge is 0.0696 e. The minimum atomic E-state index is 0.291. The molecule has 0 aromatic carbocycles. The van der Waals surface area contributed by atoms with Crippen LogP contribution in [0, 0.1) is 10.8 Å². The van der Waals surface area contributed by atoms with E-state index in [1.807, 2.05) is 0 Å². The third-order valence-electron chi connectivity index (χ3n) is 8.38. The van der Waals surface area contributed by atoms with Crippen LogP contribution >= 0.6 is 0 Å². The lowest BCUT2D eigenvalue weighted by atomic mass is 9.72. The van der Waals surface area contributed by atoms with Crippen LogP contribution in [0.4, 0.5) is 0 Å². The summed E-state index contributed by atoms with van der Waals surface area (Å²) >= 11 is 0. The van der Waals surface area contributed by atoms with Crippen LogP contribution in [0.2, 0.25) is 0 Å². The van der Waals surface area contributed by atoms with Crippen molar-refractivity contribution in [1.82, 2.24) is 0 Å². The van der Waals surface area contributed by atoms with Gasteiger partial charge in [0.05, 0.1) is 0 Å². The van der Waals surface area contributed by atoms with Crippen molar-refractivity contribution in [3.8, 4) is 0 Å². The molecule has 0 N–H and O–H groups in total. The molecule has 216 valence electrons. The van der Waals surface area contributed by atoms with Gasteiger partial charge in [-0.25, -0.2) is 0 Å². The summed E-state index contributed by atoms with van der Waals surface area (Å²) in [5.41, 5.74) is 11.7. The summed E-state index contributed by atoms with van der Waals surface area (Å²) in [7, 11) is 0. The van der Waals surface area contributed by atoms with Gasteiger partial charge in [0.2, 0.25) is 0 Å². The average Bonchev–Trinajstić information content (AvgIpc) is 2.85. The molecule has 0 aromatic heterocycles. The van der Waals surface area contributed by atoms with Crippen LogP contribution in [0.3, 0.4) is 0 Å². The minimum absolute atomic E-state index is 0.291. The first-order valence-electron chi connectivity index (χ1n) is 15.3. The van der Waals surface area contributed by atoms with Crippen molar-refractivity contribution < 1.29 is 0 Å². The zero-order valence-corrected chi connectivity index (χ0v) is 27.3. The van der Waals surface area contributed by atoms with Crippen LogP contribution in [-0.4, -0.2) is 0 Å². The molecule has 0 amide bonds. The molecule has 0 fully saturated rings. The maximum absolute atomic E-state index is 2.37. The summed E-state index contributed by atoms with van der Waals surface area (Å²) < 4.78 is 0. The molecule has 40 heavy (non-hydrogen) atoms. The highest BCUT2D eigenvalue weighted by Crippen LogP contribution is 2.41. The quantitative estimate of drug-likeness (QED) is 0.244. The Morgan fingerprint density at radius 1 is 0.500 bits per heavy atom. The highest BCUT2D eigenvalue weighted by molar-refractivity contribution is 5.39. The summed E-state index contributed by atoms with van der Waals surface area (Å²) in [6.45, 7) is 22.7. The minimum Gasteiger partial charge on any atom is -0.0696 e. The SMILES string of the molecule is CC1=C(/C=C/C(C)=C\C=C/C(C)=C\C=C/C=C(C)\C=C\C=C(C)/C=C/C2=C(C)CCCC2(C)C)C(C)(C)CCC1. The van der Waals surface area contributed by atoms with Gasteiger partial charge in [0.1, 0.15) is 0 Å². The van der Waals surface area contributed by atoms with Gasteiger partial charge in [-0.2, -0.15) is 0 Å². The van der Waals surface area contributed by atoms with Gasteiger partial charge in [-0.15, -0.1) is 0 Å². The zero-order chi connectivity index (χ0) is 29.8. The molecular formula is C40H56. The van der Waals surface area contributed by atoms with Gasteiger partial charge >= 0.3 is 0 Å². The van der Waals surface area contributed by atoms with Crippen LogP contribution in [0.25, 0.3) is 0 Å². The second kappa shape index (κ2) is 15.8. The molecule has 0 unspecified atom stereocenters. The summed E-state index contributed by atoms with van der Waals surface area (Å²) in [5.74, 6) is 0. The third-order valence-corrected chi connectivity index (χ3v) is 8.38. The molecule has 0 spiro atoms. The fourth-order valence-corrected chi connectivity index (χ4v) is 5.79. The van der Waals surface area contributed by atoms with Crippen LogP contribution in [0.1, 0.15) is 108 Å². The number of allylic oxidation sites excluding steroid dienone is 22. The second-order valence-electron chi connectivity index (χ2n) is 13.3. The Balaban J connectivity index is 1.89. The first kappa shape index (κ1) is 33.3. The Kier molecular flexibility index (Phi) is 13.2. The molecule has 2 aliphatic rings. The Labute approximate surface area is 247 Å². The van der Waals surface area contributed by atoms with E-state index in [-0.39, 0.29) is 0 Å². The Bertz CT molecular complexity index is 1120. The lowest BCUT2D eigenvalue weighted by molar-refractivity contribution is 0.376. The van der Waals surface area contributed by atoms with Crippen LogP contribution in [0.5, 0.6) is 0 Å². The van der Waals surface area contributed by atoms with Crippen LogP contribution in [0.15, 0.2) is 130 Å². The van der Waals surface area contributed by atoms with E-state index >= 15 is 0 Å². The van der Waals surface area contributed by atoms with Crippen LogP contribution < -0.4 is 0 Å². The Morgan fingerprint density at radius 2 is 0.825 bits per heavy atom. The van der Waals surface area contributed by atoms with E-state index in [0.29, 0.717) is 10.8 Å². The first-order chi connectivity index (χ1) is 18.8. The van der Waals surface area contributed by atoms with Crippen molar-refractivity contribution in [2.75, 3.05) is 0 Å². The zero-order valence-electron chi connectivity index (χ0n) is 27.3. The van der Waals surface area contributed by atoms with Gasteiger partial charge in [0.15, 0.2) is 0 Å². The lowest BCUT2D eigenvalue weighted by Gasteiger charge is -2.33. The summed E-state index contributed by atoms with van der Waals surface area (Å²) in [5, 5.41) is 0. The monoisotopic (exact) mass is 536 g/mol. The van der Waals surface area contributed by atoms with E-state index in [4.69, 9.17) is 0 Å². The predicted octanol–water partition coefficient (Wildman–Crippen LogP) is 12.6. The predicted molar refractivity (Wildman–Crippen MR) is 181 cm³/mol. The average molecular weight is 537 g/mol. The molecule has 0 saturated carbocycles. The van der Waals surface area contributed by atoms with Crippen molar-refractivity contribution >= 4 is 0 Å². The summed E-state index contributed by atoms with van der Waals surface area (Å²) in [6.07, 6.45) is 38.4. The highest BCUT2D eigenvalue weighted by Gasteiger charge is 2.27. The van der Waals surface area contributed by atoms with Crippen molar-refractivity contribution in [1.29, 1.82) is 0 Å². The van der Waals surface area contributed by atoms with Gasteiger partial charge < -0.3 is 0 Å². The molecular weight excluding hydrogens is 480 g/mol. The maximum Gasteiger partial charge on any atom is -0.0104 e. The molecule has 0 aromatic rings. The van der Waals surface area contributed by atoms with E-state index < -0.39 is 0 Å². The fraction of sp³-hybridized carbons (Fsp3) is 0.450. The molecule has 0 heterocycles. The summed E-state index contributed by atoms with van der Waals surface area (Å²) in [4.78, 5) is 0. The first-order valence-corrected chi connectivity index (χ1v) is 15.3. The van der Waals surface area contributed by atoms with Crippen molar-refractivity contribution in [2.45, 2.75) is 108 Å². The standard InChI is InChI=1S/C40H56/c1-31(19-13-21-33(3)25-27-37-35(5)23-15-29-39(37,7)8)17-11-12-18-32(2)20-14-22-34(4)26-28-38-36(6)24-16-30-40(38,9)10/h11-14,17-22,25-28H,15-16,23-24,29-30H2,1-10H3/b12-11-,19-13-,20-14+,27-25+,28-26+,31-17-,32-18-,33-21-,34-22-. The maximum atomic E-state index is 2.37. The van der Waals surface area contributed by atoms with Gasteiger partial charge in [-0.3, -0.25) is 0 Å². The molecule has 2 aliphatic carbocycles. The van der Waals surface area contributed by atoms with E-state index in [1.54, 1.807) is 11.1 Å². The van der Waals surface area contributed by atoms with Gasteiger partial charge in [0.25, 0.3) is 0 Å². The second-order valence-corrected chi connectivity index (χ2v) is 13.3. The molecule has 0 bridgehead atoms. The van der Waals surface area contributed by atoms with E-state index in [1.165, 1.54) is 72.0 Å². The van der Waals surface area contributed by atoms with Crippen molar-refractivity contribution in [3.63, 3.8) is 0 Å². The Hall–Kier alpha value is -2.86. The molecule has 0 atom stereocenters. The number of rotatable bonds is 10. The third kappa shape index (κ3) is 11.3. The van der Waals surface area contributed by atoms with Gasteiger partial charge in [-0.1, -0.05) is 146 Å². The molecule has 0 radical (unpaired) electrons. The van der Waals surface area contributed by atoms with Crippen LogP contribution in [-0.2, 0) is 0 Å². The molecule has 0 nitrogen and oxygen atoms in total. The van der Waals surface area contributed by atoms with Crippen molar-refractivity contribution in [2.24, 2.45) is 10.8 Å². The molecule has 0 aliphatic heterocycles. The molecule has 0 saturated heterocycles. The smallest absolute Gasteiger partial charge is 0.0104 e. The van der Waals surface area contributed by atoms with E-state index in [0.717, 1.165) is 0 Å². The van der Waals surface area contributed by atoms with Gasteiger partial charge in [-0.05, 0) is 102 Å². The number of hydrogen-bond donors (Lipinski definition) is 0. The Morgan fingerprint density at radius 3 is 1.18 bits per heavy atom. The van der Waals surface area contributed by atoms with E-state index in [9.17, 15) is 0 Å². The van der Waals surface area contributed by atoms with Crippen molar-refractivity contribution in [3.05, 3.63) is 130 Å². The van der Waals surface area contributed by atoms with Gasteiger partial charge in [0, 0.05) is 0 Å². The topological polar surface area (TPSA) is 0 Å². The summed E-state index contributed by atoms with van der Waals surface area (Å²) in [6, 6.07) is 0. The number of hydrogen-bond acceptors (Lipinski definition) is 0. The highest BCUT2D eigenvalue weighted by atomic mass is 14.3.